The van der Waals surface area contributed by atoms with Gasteiger partial charge in [-0.3, -0.25) is 9.59 Å². The minimum atomic E-state index is -4.25. The van der Waals surface area contributed by atoms with Crippen molar-refractivity contribution < 1.29 is 27.2 Å². The average molecular weight is 375 g/mol. The second-order valence-corrected chi connectivity index (χ2v) is 6.35. The number of carbonyl (C=O) groups excluding carboxylic acids is 2. The maximum Gasteiger partial charge on any atom is 0.390 e. The Kier molecular flexibility index (Phi) is 6.57. The van der Waals surface area contributed by atoms with Crippen molar-refractivity contribution in [3.8, 4) is 0 Å². The monoisotopic (exact) mass is 375 g/mol. The highest BCUT2D eigenvalue weighted by molar-refractivity contribution is 5.94. The number of nitrogens with one attached hydrogen (secondary N) is 2. The lowest BCUT2D eigenvalue weighted by Gasteiger charge is -2.38. The van der Waals surface area contributed by atoms with E-state index in [9.17, 15) is 27.2 Å². The Morgan fingerprint density at radius 2 is 1.77 bits per heavy atom. The van der Waals surface area contributed by atoms with E-state index in [0.29, 0.717) is 6.42 Å². The first-order valence-electron chi connectivity index (χ1n) is 8.26. The number of likely N-dealkylation sites (tertiary alicyclic amines) is 1. The molecule has 1 aliphatic heterocycles. The van der Waals surface area contributed by atoms with Crippen molar-refractivity contribution in [3.05, 3.63) is 35.6 Å². The zero-order valence-electron chi connectivity index (χ0n) is 14.3. The smallest absolute Gasteiger partial charge is 0.347 e. The molecule has 1 heterocycles. The predicted molar refractivity (Wildman–Crippen MR) is 87.0 cm³/mol. The highest BCUT2D eigenvalue weighted by atomic mass is 19.4. The van der Waals surface area contributed by atoms with Gasteiger partial charge in [0.1, 0.15) is 5.82 Å². The molecular formula is C17H21F4N3O2. The van der Waals surface area contributed by atoms with Gasteiger partial charge >= 0.3 is 6.18 Å². The molecule has 0 aliphatic carbocycles. The fourth-order valence-corrected chi connectivity index (χ4v) is 2.90. The van der Waals surface area contributed by atoms with Gasteiger partial charge in [0.05, 0.1) is 6.42 Å². The summed E-state index contributed by atoms with van der Waals surface area (Å²) in [5.74, 6) is -1.10. The predicted octanol–water partition coefficient (Wildman–Crippen LogP) is 2.09. The van der Waals surface area contributed by atoms with Crippen LogP contribution in [0.2, 0.25) is 0 Å². The molecule has 1 fully saturated rings. The summed E-state index contributed by atoms with van der Waals surface area (Å²) >= 11 is 0. The summed E-state index contributed by atoms with van der Waals surface area (Å²) in [4.78, 5) is 25.4. The molecule has 9 heteroatoms. The lowest BCUT2D eigenvalue weighted by molar-refractivity contribution is -0.135. The topological polar surface area (TPSA) is 61.4 Å². The molecule has 0 unspecified atom stereocenters. The molecule has 144 valence electrons. The highest BCUT2D eigenvalue weighted by Crippen LogP contribution is 2.19. The van der Waals surface area contributed by atoms with Gasteiger partial charge in [0.2, 0.25) is 5.91 Å². The maximum atomic E-state index is 12.9. The number of hydrogen-bond donors (Lipinski definition) is 2. The first-order chi connectivity index (χ1) is 12.1. The van der Waals surface area contributed by atoms with Crippen LogP contribution in [0.3, 0.4) is 0 Å². The quantitative estimate of drug-likeness (QED) is 0.775. The third-order valence-corrected chi connectivity index (χ3v) is 4.18. The van der Waals surface area contributed by atoms with Crippen molar-refractivity contribution in [2.24, 2.45) is 0 Å². The minimum Gasteiger partial charge on any atom is -0.347 e. The summed E-state index contributed by atoms with van der Waals surface area (Å²) in [7, 11) is 0. The standard InChI is InChI=1S/C17H21F4N3O2/c1-11(25)24-9-14(22-7-6-17(19,20)21)8-15(10-24)23-16(26)12-2-4-13(18)5-3-12/h2-5,14-15,22H,6-10H2,1H3,(H,23,26)/t14-,15+/m1/s1. The fourth-order valence-electron chi connectivity index (χ4n) is 2.90. The highest BCUT2D eigenvalue weighted by Gasteiger charge is 2.31. The van der Waals surface area contributed by atoms with Crippen LogP contribution in [0.4, 0.5) is 17.6 Å². The average Bonchev–Trinajstić information content (AvgIpc) is 2.54. The molecule has 1 aliphatic rings. The van der Waals surface area contributed by atoms with Gasteiger partial charge in [0.15, 0.2) is 0 Å². The molecule has 0 bridgehead atoms. The zero-order chi connectivity index (χ0) is 19.3. The second kappa shape index (κ2) is 8.48. The third-order valence-electron chi connectivity index (χ3n) is 4.18. The maximum absolute atomic E-state index is 12.9. The van der Waals surface area contributed by atoms with Gasteiger partial charge in [-0.25, -0.2) is 4.39 Å². The van der Waals surface area contributed by atoms with Crippen LogP contribution in [0.25, 0.3) is 0 Å². The molecule has 2 rings (SSSR count). The first kappa shape index (κ1) is 20.2. The van der Waals surface area contributed by atoms with E-state index in [4.69, 9.17) is 0 Å². The van der Waals surface area contributed by atoms with Gasteiger partial charge in [-0.2, -0.15) is 13.2 Å². The van der Waals surface area contributed by atoms with Crippen molar-refractivity contribution in [1.82, 2.24) is 15.5 Å². The van der Waals surface area contributed by atoms with Crippen molar-refractivity contribution in [2.45, 2.75) is 38.0 Å². The van der Waals surface area contributed by atoms with Gasteiger partial charge in [-0.15, -0.1) is 0 Å². The number of amides is 2. The number of rotatable bonds is 5. The molecule has 1 saturated heterocycles. The molecule has 2 amide bonds. The number of piperidine rings is 1. The Labute approximate surface area is 148 Å². The van der Waals surface area contributed by atoms with Crippen molar-refractivity contribution in [1.29, 1.82) is 0 Å². The van der Waals surface area contributed by atoms with E-state index in [2.05, 4.69) is 10.6 Å². The number of halogens is 4. The number of nitrogens with zero attached hydrogens (tertiary/aromatic N) is 1. The van der Waals surface area contributed by atoms with E-state index in [1.165, 1.54) is 36.1 Å². The van der Waals surface area contributed by atoms with Gasteiger partial charge in [-0.1, -0.05) is 0 Å². The van der Waals surface area contributed by atoms with E-state index in [0.717, 1.165) is 0 Å². The molecular weight excluding hydrogens is 354 g/mol. The molecule has 26 heavy (non-hydrogen) atoms. The number of carbonyl (C=O) groups is 2. The lowest BCUT2D eigenvalue weighted by Crippen LogP contribution is -2.57. The van der Waals surface area contributed by atoms with Crippen molar-refractivity contribution in [2.75, 3.05) is 19.6 Å². The Hall–Kier alpha value is -2.16. The Morgan fingerprint density at radius 1 is 1.15 bits per heavy atom. The van der Waals surface area contributed by atoms with Gasteiger partial charge in [0.25, 0.3) is 5.91 Å². The number of benzene rings is 1. The van der Waals surface area contributed by atoms with Gasteiger partial charge < -0.3 is 15.5 Å². The van der Waals surface area contributed by atoms with Crippen LogP contribution >= 0.6 is 0 Å². The first-order valence-corrected chi connectivity index (χ1v) is 8.26. The lowest BCUT2D eigenvalue weighted by atomic mass is 10.00. The van der Waals surface area contributed by atoms with Crippen LogP contribution in [-0.2, 0) is 4.79 Å². The summed E-state index contributed by atoms with van der Waals surface area (Å²) in [6.45, 7) is 1.69. The van der Waals surface area contributed by atoms with E-state index < -0.39 is 30.4 Å². The molecule has 0 saturated carbocycles. The van der Waals surface area contributed by atoms with Crippen LogP contribution in [0, 0.1) is 5.82 Å². The number of hydrogen-bond acceptors (Lipinski definition) is 3. The van der Waals surface area contributed by atoms with E-state index in [1.54, 1.807) is 0 Å². The van der Waals surface area contributed by atoms with E-state index in [-0.39, 0.29) is 37.1 Å². The van der Waals surface area contributed by atoms with Crippen LogP contribution in [0.5, 0.6) is 0 Å². The van der Waals surface area contributed by atoms with Crippen LogP contribution in [0.15, 0.2) is 24.3 Å². The molecule has 0 aromatic heterocycles. The molecule has 1 aromatic carbocycles. The molecule has 2 N–H and O–H groups in total. The summed E-state index contributed by atoms with van der Waals surface area (Å²) < 4.78 is 49.8. The molecule has 2 atom stereocenters. The van der Waals surface area contributed by atoms with E-state index in [1.807, 2.05) is 0 Å². The largest absolute Gasteiger partial charge is 0.390 e. The summed E-state index contributed by atoms with van der Waals surface area (Å²) in [6.07, 6.45) is -4.82. The molecule has 0 radical (unpaired) electrons. The Balaban J connectivity index is 1.96. The van der Waals surface area contributed by atoms with Crippen molar-refractivity contribution in [3.63, 3.8) is 0 Å². The zero-order valence-corrected chi connectivity index (χ0v) is 14.3. The van der Waals surface area contributed by atoms with Crippen LogP contribution < -0.4 is 10.6 Å². The fraction of sp³-hybridized carbons (Fsp3) is 0.529. The SMILES string of the molecule is CC(=O)N1C[C@H](NCCC(F)(F)F)C[C@H](NC(=O)c2ccc(F)cc2)C1. The van der Waals surface area contributed by atoms with Gasteiger partial charge in [0, 0.05) is 44.2 Å². The Bertz CT molecular complexity index is 634. The summed E-state index contributed by atoms with van der Waals surface area (Å²) in [5.41, 5.74) is 0.271. The third kappa shape index (κ3) is 6.29. The summed E-state index contributed by atoms with van der Waals surface area (Å²) in [6, 6.07) is 4.25. The second-order valence-electron chi connectivity index (χ2n) is 6.35. The molecule has 0 spiro atoms. The van der Waals surface area contributed by atoms with Gasteiger partial charge in [-0.05, 0) is 30.7 Å². The summed E-state index contributed by atoms with van der Waals surface area (Å²) in [5, 5.41) is 5.56. The van der Waals surface area contributed by atoms with Crippen molar-refractivity contribution >= 4 is 11.8 Å². The normalized spacial score (nSPS) is 20.7. The molecule has 5 nitrogen and oxygen atoms in total. The van der Waals surface area contributed by atoms with E-state index >= 15 is 0 Å². The number of alkyl halides is 3. The van der Waals surface area contributed by atoms with Crippen LogP contribution in [-0.4, -0.2) is 54.6 Å². The Morgan fingerprint density at radius 3 is 2.35 bits per heavy atom. The molecule has 1 aromatic rings. The minimum absolute atomic E-state index is 0.214. The van der Waals surface area contributed by atoms with Crippen LogP contribution in [0.1, 0.15) is 30.1 Å².